The molecular weight excluding hydrogens is 346 g/mol. The minimum Gasteiger partial charge on any atom is -0.486 e. The fourth-order valence-corrected chi connectivity index (χ4v) is 5.11. The maximum atomic E-state index is 12.2. The lowest BCUT2D eigenvalue weighted by atomic mass is 9.94. The first-order chi connectivity index (χ1) is 11.9. The maximum Gasteiger partial charge on any atom is 0.341 e. The molecule has 3 unspecified atom stereocenters. The summed E-state index contributed by atoms with van der Waals surface area (Å²) in [5.74, 6) is -0.0671. The Morgan fingerprint density at radius 1 is 1.40 bits per heavy atom. The van der Waals surface area contributed by atoms with E-state index in [0.29, 0.717) is 17.9 Å². The van der Waals surface area contributed by atoms with Gasteiger partial charge in [0.05, 0.1) is 5.75 Å². The van der Waals surface area contributed by atoms with Crippen LogP contribution in [0.25, 0.3) is 0 Å². The predicted molar refractivity (Wildman–Crippen MR) is 91.6 cm³/mol. The predicted octanol–water partition coefficient (Wildman–Crippen LogP) is 1.88. The van der Waals surface area contributed by atoms with E-state index in [-0.39, 0.29) is 23.8 Å². The van der Waals surface area contributed by atoms with Crippen LogP contribution in [0.1, 0.15) is 44.1 Å². The third kappa shape index (κ3) is 3.90. The molecule has 1 heterocycles. The number of unbranched alkanes of at least 4 members (excludes halogenated alkanes) is 1. The highest BCUT2D eigenvalue weighted by Gasteiger charge is 2.46. The van der Waals surface area contributed by atoms with Crippen LogP contribution in [0.3, 0.4) is 0 Å². The molecule has 2 N–H and O–H groups in total. The number of hydrogen-bond acceptors (Lipinski definition) is 5. The molecule has 1 aromatic rings. The zero-order valence-electron chi connectivity index (χ0n) is 14.1. The third-order valence-electron chi connectivity index (χ3n) is 4.68. The Kier molecular flexibility index (Phi) is 5.19. The minimum absolute atomic E-state index is 0.0696. The van der Waals surface area contributed by atoms with Crippen LogP contribution in [0, 0.1) is 0 Å². The zero-order chi connectivity index (χ0) is 18.0. The third-order valence-corrected chi connectivity index (χ3v) is 6.17. The summed E-state index contributed by atoms with van der Waals surface area (Å²) in [6.07, 6.45) is 2.83. The first kappa shape index (κ1) is 18.0. The molecule has 8 heteroatoms. The summed E-state index contributed by atoms with van der Waals surface area (Å²) in [4.78, 5) is 10.7. The summed E-state index contributed by atoms with van der Waals surface area (Å²) in [6.45, 7) is 1.52. The first-order valence-corrected chi connectivity index (χ1v) is 10.2. The average Bonchev–Trinajstić information content (AvgIpc) is 3.11. The molecule has 1 aliphatic heterocycles. The van der Waals surface area contributed by atoms with Crippen LogP contribution in [0.15, 0.2) is 18.2 Å². The fraction of sp³-hybridized carbons (Fsp3) is 0.588. The van der Waals surface area contributed by atoms with Crippen LogP contribution in [-0.4, -0.2) is 44.0 Å². The summed E-state index contributed by atoms with van der Waals surface area (Å²) < 4.78 is 38.6. The Labute approximate surface area is 147 Å². The first-order valence-electron chi connectivity index (χ1n) is 8.55. The van der Waals surface area contributed by atoms with Crippen molar-refractivity contribution in [2.75, 3.05) is 12.4 Å². The largest absolute Gasteiger partial charge is 0.486 e. The Morgan fingerprint density at radius 2 is 2.20 bits per heavy atom. The van der Waals surface area contributed by atoms with Crippen molar-refractivity contribution in [3.63, 3.8) is 0 Å². The van der Waals surface area contributed by atoms with E-state index in [1.54, 1.807) is 12.1 Å². The van der Waals surface area contributed by atoms with E-state index in [9.17, 15) is 13.2 Å². The van der Waals surface area contributed by atoms with Gasteiger partial charge in [0.25, 0.3) is 0 Å². The molecule has 2 aliphatic rings. The monoisotopic (exact) mass is 369 g/mol. The smallest absolute Gasteiger partial charge is 0.341 e. The number of carboxylic acid groups (broad SMARTS) is 1. The molecule has 0 aromatic heterocycles. The van der Waals surface area contributed by atoms with Crippen molar-refractivity contribution in [2.24, 2.45) is 0 Å². The second-order valence-electron chi connectivity index (χ2n) is 6.51. The molecule has 3 atom stereocenters. The molecule has 0 spiro atoms. The molecule has 7 nitrogen and oxygen atoms in total. The molecule has 138 valence electrons. The Hall–Kier alpha value is -1.80. The molecule has 0 saturated heterocycles. The molecular formula is C17H23NO6S. The van der Waals surface area contributed by atoms with Gasteiger partial charge in [-0.25, -0.2) is 17.9 Å². The number of carboxylic acids is 1. The molecule has 3 rings (SSSR count). The lowest BCUT2D eigenvalue weighted by molar-refractivity contribution is -0.139. The van der Waals surface area contributed by atoms with Crippen molar-refractivity contribution in [3.05, 3.63) is 23.8 Å². The van der Waals surface area contributed by atoms with Crippen molar-refractivity contribution in [2.45, 2.75) is 50.7 Å². The zero-order valence-corrected chi connectivity index (χ0v) is 14.9. The van der Waals surface area contributed by atoms with Crippen molar-refractivity contribution in [1.82, 2.24) is 4.72 Å². The number of aliphatic carboxylic acids is 1. The molecule has 1 aromatic carbocycles. The summed E-state index contributed by atoms with van der Waals surface area (Å²) in [5.41, 5.74) is 0.883. The number of hydrogen-bond donors (Lipinski definition) is 2. The Balaban J connectivity index is 1.78. The van der Waals surface area contributed by atoms with Crippen molar-refractivity contribution in [3.8, 4) is 11.5 Å². The molecule has 1 saturated carbocycles. The van der Waals surface area contributed by atoms with Crippen LogP contribution in [0.4, 0.5) is 0 Å². The highest BCUT2D eigenvalue weighted by atomic mass is 32.2. The van der Waals surface area contributed by atoms with Crippen LogP contribution < -0.4 is 14.2 Å². The van der Waals surface area contributed by atoms with E-state index in [0.717, 1.165) is 24.8 Å². The van der Waals surface area contributed by atoms with Gasteiger partial charge < -0.3 is 14.6 Å². The van der Waals surface area contributed by atoms with Crippen LogP contribution in [-0.2, 0) is 14.8 Å². The second-order valence-corrected chi connectivity index (χ2v) is 8.39. The van der Waals surface area contributed by atoms with Crippen LogP contribution in [0.5, 0.6) is 11.5 Å². The van der Waals surface area contributed by atoms with E-state index < -0.39 is 22.6 Å². The summed E-state index contributed by atoms with van der Waals surface area (Å²) in [5, 5.41) is 8.78. The minimum atomic E-state index is -3.31. The Morgan fingerprint density at radius 3 is 2.92 bits per heavy atom. The van der Waals surface area contributed by atoms with Crippen molar-refractivity contribution >= 4 is 16.0 Å². The van der Waals surface area contributed by atoms with E-state index >= 15 is 0 Å². The van der Waals surface area contributed by atoms with E-state index in [1.807, 2.05) is 13.0 Å². The lowest BCUT2D eigenvalue weighted by Crippen LogP contribution is -2.38. The van der Waals surface area contributed by atoms with Gasteiger partial charge in [-0.3, -0.25) is 0 Å². The molecule has 1 aliphatic carbocycles. The van der Waals surface area contributed by atoms with E-state index in [2.05, 4.69) is 4.72 Å². The highest BCUT2D eigenvalue weighted by molar-refractivity contribution is 7.89. The Bertz CT molecular complexity index is 748. The molecule has 0 amide bonds. The highest BCUT2D eigenvalue weighted by Crippen LogP contribution is 2.50. The van der Waals surface area contributed by atoms with Crippen LogP contribution in [0.2, 0.25) is 0 Å². The fourth-order valence-electron chi connectivity index (χ4n) is 3.59. The molecule has 1 fully saturated rings. The number of fused-ring (bicyclic) bond motifs is 3. The van der Waals surface area contributed by atoms with Gasteiger partial charge in [-0.05, 0) is 25.3 Å². The van der Waals surface area contributed by atoms with Gasteiger partial charge in [-0.2, -0.15) is 0 Å². The topological polar surface area (TPSA) is 102 Å². The van der Waals surface area contributed by atoms with Gasteiger partial charge in [0.1, 0.15) is 6.10 Å². The SMILES string of the molecule is CCCCS(=O)(=O)NC1CCC2Oc3c(OCC(=O)O)cccc3C12. The number of rotatable bonds is 8. The number of sulfonamides is 1. The lowest BCUT2D eigenvalue weighted by Gasteiger charge is -2.19. The molecule has 0 bridgehead atoms. The summed E-state index contributed by atoms with van der Waals surface area (Å²) >= 11 is 0. The van der Waals surface area contributed by atoms with E-state index in [4.69, 9.17) is 14.6 Å². The summed E-state index contributed by atoms with van der Waals surface area (Å²) in [6, 6.07) is 5.14. The van der Waals surface area contributed by atoms with Gasteiger partial charge in [0.15, 0.2) is 18.1 Å². The average molecular weight is 369 g/mol. The van der Waals surface area contributed by atoms with Gasteiger partial charge in [0, 0.05) is 17.5 Å². The number of carbonyl (C=O) groups is 1. The second kappa shape index (κ2) is 7.21. The van der Waals surface area contributed by atoms with Crippen molar-refractivity contribution in [1.29, 1.82) is 0 Å². The normalized spacial score (nSPS) is 24.4. The number of nitrogens with one attached hydrogen (secondary N) is 1. The van der Waals surface area contributed by atoms with Gasteiger partial charge >= 0.3 is 5.97 Å². The van der Waals surface area contributed by atoms with Gasteiger partial charge in [0.2, 0.25) is 10.0 Å². The van der Waals surface area contributed by atoms with Crippen LogP contribution >= 0.6 is 0 Å². The quantitative estimate of drug-likeness (QED) is 0.725. The van der Waals surface area contributed by atoms with Gasteiger partial charge in [-0.15, -0.1) is 0 Å². The maximum absolute atomic E-state index is 12.2. The molecule has 25 heavy (non-hydrogen) atoms. The number of para-hydroxylation sites is 1. The summed E-state index contributed by atoms with van der Waals surface area (Å²) in [7, 11) is -3.31. The molecule has 0 radical (unpaired) electrons. The number of benzene rings is 1. The van der Waals surface area contributed by atoms with Gasteiger partial charge in [-0.1, -0.05) is 25.5 Å². The number of ether oxygens (including phenoxy) is 2. The van der Waals surface area contributed by atoms with Crippen molar-refractivity contribution < 1.29 is 27.8 Å². The standard InChI is InChI=1S/C17H23NO6S/c1-2-3-9-25(21,22)18-12-7-8-13-16(12)11-5-4-6-14(17(11)24-13)23-10-15(19)20/h4-6,12-13,16,18H,2-3,7-10H2,1H3,(H,19,20). The van der Waals surface area contributed by atoms with E-state index in [1.165, 1.54) is 0 Å².